The van der Waals surface area contributed by atoms with Gasteiger partial charge in [0.25, 0.3) is 6.43 Å². The van der Waals surface area contributed by atoms with E-state index in [1.54, 1.807) is 12.1 Å². The molecule has 0 bridgehead atoms. The van der Waals surface area contributed by atoms with E-state index in [0.717, 1.165) is 32.8 Å². The standard InChI is InChI=1S/C15H21F2NO2/c1-2-12-11-13(3-4-14(12)15(16)17)20-10-7-18-5-8-19-9-6-18/h3-4,11,15H,2,5-10H2,1H3. The molecule has 0 N–H and O–H groups in total. The largest absolute Gasteiger partial charge is 0.492 e. The predicted octanol–water partition coefficient (Wildman–Crippen LogP) is 2.90. The lowest BCUT2D eigenvalue weighted by molar-refractivity contribution is 0.0322. The van der Waals surface area contributed by atoms with Crippen LogP contribution in [0.5, 0.6) is 5.75 Å². The van der Waals surface area contributed by atoms with E-state index < -0.39 is 6.43 Å². The number of halogens is 2. The van der Waals surface area contributed by atoms with Crippen LogP contribution in [0.2, 0.25) is 0 Å². The summed E-state index contributed by atoms with van der Waals surface area (Å²) in [5.74, 6) is 0.666. The summed E-state index contributed by atoms with van der Waals surface area (Å²) < 4.78 is 36.5. The predicted molar refractivity (Wildman–Crippen MR) is 73.5 cm³/mol. The molecular formula is C15H21F2NO2. The lowest BCUT2D eigenvalue weighted by Gasteiger charge is -2.26. The molecule has 3 nitrogen and oxygen atoms in total. The van der Waals surface area contributed by atoms with Crippen LogP contribution in [0.1, 0.15) is 24.5 Å². The summed E-state index contributed by atoms with van der Waals surface area (Å²) >= 11 is 0. The van der Waals surface area contributed by atoms with Gasteiger partial charge in [-0.1, -0.05) is 6.92 Å². The van der Waals surface area contributed by atoms with Crippen molar-refractivity contribution in [2.75, 3.05) is 39.5 Å². The normalized spacial score (nSPS) is 16.6. The van der Waals surface area contributed by atoms with Gasteiger partial charge in [0.1, 0.15) is 12.4 Å². The third-order valence-electron chi connectivity index (χ3n) is 3.51. The number of benzene rings is 1. The molecule has 1 aliphatic heterocycles. The fourth-order valence-corrected chi connectivity index (χ4v) is 2.31. The molecule has 1 saturated heterocycles. The Hall–Kier alpha value is -1.20. The molecule has 112 valence electrons. The average molecular weight is 285 g/mol. The first kappa shape index (κ1) is 15.2. The van der Waals surface area contributed by atoms with Gasteiger partial charge in [-0.15, -0.1) is 0 Å². The van der Waals surface area contributed by atoms with Gasteiger partial charge in [0, 0.05) is 25.2 Å². The van der Waals surface area contributed by atoms with E-state index in [4.69, 9.17) is 9.47 Å². The van der Waals surface area contributed by atoms with E-state index in [-0.39, 0.29) is 5.56 Å². The SMILES string of the molecule is CCc1cc(OCCN2CCOCC2)ccc1C(F)F. The highest BCUT2D eigenvalue weighted by Gasteiger charge is 2.13. The zero-order valence-electron chi connectivity index (χ0n) is 11.8. The molecule has 0 aromatic heterocycles. The molecular weight excluding hydrogens is 264 g/mol. The number of rotatable bonds is 6. The van der Waals surface area contributed by atoms with E-state index in [0.29, 0.717) is 24.3 Å². The molecule has 1 heterocycles. The van der Waals surface area contributed by atoms with Crippen LogP contribution in [0, 0.1) is 0 Å². The molecule has 1 aromatic rings. The molecule has 0 saturated carbocycles. The second-order valence-electron chi connectivity index (χ2n) is 4.82. The van der Waals surface area contributed by atoms with E-state index in [2.05, 4.69) is 4.90 Å². The molecule has 0 unspecified atom stereocenters. The second kappa shape index (κ2) is 7.55. The van der Waals surface area contributed by atoms with Gasteiger partial charge < -0.3 is 9.47 Å². The van der Waals surface area contributed by atoms with Gasteiger partial charge in [-0.3, -0.25) is 4.90 Å². The van der Waals surface area contributed by atoms with Crippen molar-refractivity contribution in [3.63, 3.8) is 0 Å². The monoisotopic (exact) mass is 285 g/mol. The van der Waals surface area contributed by atoms with Crippen LogP contribution in [0.3, 0.4) is 0 Å². The quantitative estimate of drug-likeness (QED) is 0.802. The number of aryl methyl sites for hydroxylation is 1. The first-order valence-electron chi connectivity index (χ1n) is 7.04. The number of ether oxygens (including phenoxy) is 2. The summed E-state index contributed by atoms with van der Waals surface area (Å²) in [6, 6.07) is 4.81. The van der Waals surface area contributed by atoms with Crippen molar-refractivity contribution >= 4 is 0 Å². The Kier molecular flexibility index (Phi) is 5.73. The molecule has 1 fully saturated rings. The van der Waals surface area contributed by atoms with Gasteiger partial charge in [-0.25, -0.2) is 8.78 Å². The van der Waals surface area contributed by atoms with E-state index in [1.165, 1.54) is 6.07 Å². The molecule has 0 atom stereocenters. The molecule has 0 amide bonds. The lowest BCUT2D eigenvalue weighted by atomic mass is 10.1. The van der Waals surface area contributed by atoms with Gasteiger partial charge in [0.05, 0.1) is 13.2 Å². The first-order valence-corrected chi connectivity index (χ1v) is 7.04. The Bertz CT molecular complexity index is 420. The van der Waals surface area contributed by atoms with Crippen LogP contribution in [0.4, 0.5) is 8.78 Å². The first-order chi connectivity index (χ1) is 9.70. The van der Waals surface area contributed by atoms with Crippen molar-refractivity contribution in [1.29, 1.82) is 0 Å². The average Bonchev–Trinajstić information content (AvgIpc) is 2.48. The van der Waals surface area contributed by atoms with Gasteiger partial charge in [0.2, 0.25) is 0 Å². The Morgan fingerprint density at radius 3 is 2.70 bits per heavy atom. The minimum atomic E-state index is -2.42. The van der Waals surface area contributed by atoms with Gasteiger partial charge in [-0.2, -0.15) is 0 Å². The number of hydrogen-bond acceptors (Lipinski definition) is 3. The minimum Gasteiger partial charge on any atom is -0.492 e. The van der Waals surface area contributed by atoms with Crippen LogP contribution in [-0.2, 0) is 11.2 Å². The maximum atomic E-state index is 12.8. The molecule has 5 heteroatoms. The van der Waals surface area contributed by atoms with Gasteiger partial charge in [0.15, 0.2) is 0 Å². The fraction of sp³-hybridized carbons (Fsp3) is 0.600. The zero-order valence-corrected chi connectivity index (χ0v) is 11.8. The van der Waals surface area contributed by atoms with Crippen molar-refractivity contribution in [3.8, 4) is 5.75 Å². The lowest BCUT2D eigenvalue weighted by Crippen LogP contribution is -2.38. The maximum absolute atomic E-state index is 12.8. The van der Waals surface area contributed by atoms with Crippen LogP contribution in [-0.4, -0.2) is 44.4 Å². The topological polar surface area (TPSA) is 21.7 Å². The fourth-order valence-electron chi connectivity index (χ4n) is 2.31. The van der Waals surface area contributed by atoms with Crippen LogP contribution < -0.4 is 4.74 Å². The van der Waals surface area contributed by atoms with E-state index in [9.17, 15) is 8.78 Å². The van der Waals surface area contributed by atoms with Gasteiger partial charge in [-0.05, 0) is 30.2 Å². The summed E-state index contributed by atoms with van der Waals surface area (Å²) in [6.07, 6.45) is -1.84. The molecule has 0 spiro atoms. The Morgan fingerprint density at radius 2 is 2.05 bits per heavy atom. The molecule has 2 rings (SSSR count). The van der Waals surface area contributed by atoms with E-state index in [1.807, 2.05) is 6.92 Å². The van der Waals surface area contributed by atoms with Crippen molar-refractivity contribution in [2.45, 2.75) is 19.8 Å². The summed E-state index contributed by atoms with van der Waals surface area (Å²) in [5, 5.41) is 0. The highest BCUT2D eigenvalue weighted by molar-refractivity contribution is 5.36. The van der Waals surface area contributed by atoms with Crippen molar-refractivity contribution in [2.24, 2.45) is 0 Å². The van der Waals surface area contributed by atoms with Gasteiger partial charge >= 0.3 is 0 Å². The molecule has 1 aromatic carbocycles. The molecule has 1 aliphatic rings. The van der Waals surface area contributed by atoms with Crippen molar-refractivity contribution < 1.29 is 18.3 Å². The third kappa shape index (κ3) is 4.15. The molecule has 20 heavy (non-hydrogen) atoms. The van der Waals surface area contributed by atoms with Crippen LogP contribution >= 0.6 is 0 Å². The smallest absolute Gasteiger partial charge is 0.264 e. The van der Waals surface area contributed by atoms with Crippen molar-refractivity contribution in [1.82, 2.24) is 4.90 Å². The zero-order chi connectivity index (χ0) is 14.4. The second-order valence-corrected chi connectivity index (χ2v) is 4.82. The summed E-state index contributed by atoms with van der Waals surface area (Å²) in [6.45, 7) is 6.66. The Morgan fingerprint density at radius 1 is 1.30 bits per heavy atom. The number of hydrogen-bond donors (Lipinski definition) is 0. The Labute approximate surface area is 118 Å². The summed E-state index contributed by atoms with van der Waals surface area (Å²) in [5.41, 5.74) is 0.761. The Balaban J connectivity index is 1.86. The molecule has 0 aliphatic carbocycles. The highest BCUT2D eigenvalue weighted by atomic mass is 19.3. The van der Waals surface area contributed by atoms with E-state index >= 15 is 0 Å². The maximum Gasteiger partial charge on any atom is 0.264 e. The summed E-state index contributed by atoms with van der Waals surface area (Å²) in [7, 11) is 0. The van der Waals surface area contributed by atoms with Crippen LogP contribution in [0.25, 0.3) is 0 Å². The van der Waals surface area contributed by atoms with Crippen molar-refractivity contribution in [3.05, 3.63) is 29.3 Å². The number of nitrogens with zero attached hydrogens (tertiary/aromatic N) is 1. The highest BCUT2D eigenvalue weighted by Crippen LogP contribution is 2.27. The number of alkyl halides is 2. The number of morpholine rings is 1. The third-order valence-corrected chi connectivity index (χ3v) is 3.51. The van der Waals surface area contributed by atoms with Crippen LogP contribution in [0.15, 0.2) is 18.2 Å². The minimum absolute atomic E-state index is 0.105. The molecule has 0 radical (unpaired) electrons. The summed E-state index contributed by atoms with van der Waals surface area (Å²) in [4.78, 5) is 2.28.